The maximum atomic E-state index is 13.8. The van der Waals surface area contributed by atoms with Crippen LogP contribution in [0.4, 0.5) is 10.1 Å². The Labute approximate surface area is 125 Å². The summed E-state index contributed by atoms with van der Waals surface area (Å²) in [7, 11) is 0. The lowest BCUT2D eigenvalue weighted by Crippen LogP contribution is -1.90. The second kappa shape index (κ2) is 5.62. The Morgan fingerprint density at radius 1 is 1.33 bits per heavy atom. The SMILES string of the molecule is O=[N+]([O-])c1ccc(Sc2nnc(-c3cccs3)o2)c(F)c1. The molecule has 106 valence electrons. The maximum Gasteiger partial charge on any atom is 0.281 e. The third-order valence-electron chi connectivity index (χ3n) is 2.46. The van der Waals surface area contributed by atoms with Gasteiger partial charge in [0.15, 0.2) is 0 Å². The third kappa shape index (κ3) is 2.93. The van der Waals surface area contributed by atoms with Gasteiger partial charge < -0.3 is 4.42 Å². The van der Waals surface area contributed by atoms with Crippen molar-refractivity contribution < 1.29 is 13.7 Å². The van der Waals surface area contributed by atoms with Crippen molar-refractivity contribution in [2.24, 2.45) is 0 Å². The molecule has 0 aliphatic rings. The van der Waals surface area contributed by atoms with Crippen molar-refractivity contribution in [2.45, 2.75) is 10.1 Å². The predicted molar refractivity (Wildman–Crippen MR) is 74.8 cm³/mol. The van der Waals surface area contributed by atoms with Crippen molar-refractivity contribution in [3.63, 3.8) is 0 Å². The van der Waals surface area contributed by atoms with Crippen molar-refractivity contribution in [3.8, 4) is 10.8 Å². The predicted octanol–water partition coefficient (Wildman–Crippen LogP) is 4.00. The van der Waals surface area contributed by atoms with E-state index in [-0.39, 0.29) is 15.8 Å². The van der Waals surface area contributed by atoms with E-state index in [9.17, 15) is 14.5 Å². The summed E-state index contributed by atoms with van der Waals surface area (Å²) in [4.78, 5) is 10.9. The lowest BCUT2D eigenvalue weighted by Gasteiger charge is -1.98. The number of hydrogen-bond donors (Lipinski definition) is 0. The van der Waals surface area contributed by atoms with Crippen molar-refractivity contribution in [1.82, 2.24) is 10.2 Å². The van der Waals surface area contributed by atoms with Gasteiger partial charge in [0, 0.05) is 6.07 Å². The molecule has 21 heavy (non-hydrogen) atoms. The molecule has 0 unspecified atom stereocenters. The molecule has 3 rings (SSSR count). The fourth-order valence-corrected chi connectivity index (χ4v) is 2.86. The second-order valence-electron chi connectivity index (χ2n) is 3.82. The summed E-state index contributed by atoms with van der Waals surface area (Å²) in [6.45, 7) is 0. The molecule has 1 aromatic carbocycles. The third-order valence-corrected chi connectivity index (χ3v) is 4.21. The Morgan fingerprint density at radius 3 is 2.86 bits per heavy atom. The molecule has 0 aliphatic heterocycles. The summed E-state index contributed by atoms with van der Waals surface area (Å²) in [5.74, 6) is -0.347. The Morgan fingerprint density at radius 2 is 2.19 bits per heavy atom. The fraction of sp³-hybridized carbons (Fsp3) is 0. The first kappa shape index (κ1) is 13.7. The smallest absolute Gasteiger partial charge is 0.281 e. The molecule has 2 heterocycles. The molecular weight excluding hydrogens is 317 g/mol. The van der Waals surface area contributed by atoms with Gasteiger partial charge in [0.1, 0.15) is 5.82 Å². The Hall–Kier alpha value is -2.26. The standard InChI is InChI=1S/C12H6FN3O3S2/c13-8-6-7(16(17)18)3-4-9(8)21-12-15-14-11(19-12)10-2-1-5-20-10/h1-6H. The molecule has 0 bridgehead atoms. The quantitative estimate of drug-likeness (QED) is 0.533. The van der Waals surface area contributed by atoms with Gasteiger partial charge in [0.25, 0.3) is 16.8 Å². The highest BCUT2D eigenvalue weighted by molar-refractivity contribution is 7.99. The second-order valence-corrected chi connectivity index (χ2v) is 5.77. The van der Waals surface area contributed by atoms with E-state index in [2.05, 4.69) is 10.2 Å². The molecule has 0 saturated carbocycles. The normalized spacial score (nSPS) is 10.7. The van der Waals surface area contributed by atoms with Crippen molar-refractivity contribution in [1.29, 1.82) is 0 Å². The minimum absolute atomic E-state index is 0.172. The van der Waals surface area contributed by atoms with Crippen LogP contribution in [0, 0.1) is 15.9 Å². The number of nitro groups is 1. The number of nitro benzene ring substituents is 1. The number of benzene rings is 1. The van der Waals surface area contributed by atoms with E-state index in [1.165, 1.54) is 23.5 Å². The van der Waals surface area contributed by atoms with Crippen LogP contribution in [0.25, 0.3) is 10.8 Å². The highest BCUT2D eigenvalue weighted by Gasteiger charge is 2.15. The van der Waals surface area contributed by atoms with Crippen LogP contribution in [0.1, 0.15) is 0 Å². The lowest BCUT2D eigenvalue weighted by atomic mass is 10.3. The van der Waals surface area contributed by atoms with E-state index >= 15 is 0 Å². The summed E-state index contributed by atoms with van der Waals surface area (Å²) in [5, 5.41) is 20.3. The largest absolute Gasteiger partial charge is 0.410 e. The van der Waals surface area contributed by atoms with Gasteiger partial charge in [-0.25, -0.2) is 4.39 Å². The van der Waals surface area contributed by atoms with Crippen LogP contribution < -0.4 is 0 Å². The molecule has 3 aromatic rings. The van der Waals surface area contributed by atoms with E-state index in [0.717, 1.165) is 22.7 Å². The van der Waals surface area contributed by atoms with E-state index in [1.807, 2.05) is 17.5 Å². The minimum Gasteiger partial charge on any atom is -0.410 e. The van der Waals surface area contributed by atoms with Crippen molar-refractivity contribution in [3.05, 3.63) is 51.6 Å². The average Bonchev–Trinajstić information content (AvgIpc) is 3.11. The molecule has 0 saturated heterocycles. The zero-order valence-electron chi connectivity index (χ0n) is 10.2. The van der Waals surface area contributed by atoms with E-state index in [1.54, 1.807) is 0 Å². The van der Waals surface area contributed by atoms with Crippen LogP contribution in [0.3, 0.4) is 0 Å². The molecule has 2 aromatic heterocycles. The van der Waals surface area contributed by atoms with E-state index in [4.69, 9.17) is 4.42 Å². The number of halogens is 1. The van der Waals surface area contributed by atoms with Crippen LogP contribution in [-0.4, -0.2) is 15.1 Å². The molecule has 6 nitrogen and oxygen atoms in total. The summed E-state index contributed by atoms with van der Waals surface area (Å²) < 4.78 is 19.2. The molecule has 0 radical (unpaired) electrons. The molecule has 0 spiro atoms. The maximum absolute atomic E-state index is 13.8. The Kier molecular flexibility index (Phi) is 3.67. The first-order chi connectivity index (χ1) is 10.1. The molecule has 0 amide bonds. The topological polar surface area (TPSA) is 82.1 Å². The number of nitrogens with zero attached hydrogens (tertiary/aromatic N) is 3. The molecule has 0 atom stereocenters. The van der Waals surface area contributed by atoms with Crippen LogP contribution in [0.15, 0.2) is 50.2 Å². The van der Waals surface area contributed by atoms with Gasteiger partial charge >= 0.3 is 0 Å². The van der Waals surface area contributed by atoms with Gasteiger partial charge in [-0.1, -0.05) is 6.07 Å². The highest BCUT2D eigenvalue weighted by Crippen LogP contribution is 2.33. The van der Waals surface area contributed by atoms with Crippen molar-refractivity contribution in [2.75, 3.05) is 0 Å². The van der Waals surface area contributed by atoms with Gasteiger partial charge in [-0.05, 0) is 29.3 Å². The van der Waals surface area contributed by atoms with Gasteiger partial charge in [-0.2, -0.15) is 0 Å². The molecule has 0 fully saturated rings. The van der Waals surface area contributed by atoms with Crippen LogP contribution in [0.5, 0.6) is 0 Å². The van der Waals surface area contributed by atoms with Crippen LogP contribution >= 0.6 is 23.1 Å². The zero-order valence-corrected chi connectivity index (χ0v) is 11.9. The van der Waals surface area contributed by atoms with Gasteiger partial charge in [0.2, 0.25) is 0 Å². The first-order valence-electron chi connectivity index (χ1n) is 5.62. The first-order valence-corrected chi connectivity index (χ1v) is 7.32. The minimum atomic E-state index is -0.704. The highest BCUT2D eigenvalue weighted by atomic mass is 32.2. The lowest BCUT2D eigenvalue weighted by molar-refractivity contribution is -0.385. The fourth-order valence-electron chi connectivity index (χ4n) is 1.53. The summed E-state index contributed by atoms with van der Waals surface area (Å²) in [6, 6.07) is 7.08. The van der Waals surface area contributed by atoms with Gasteiger partial charge in [0.05, 0.1) is 20.8 Å². The summed E-state index contributed by atoms with van der Waals surface area (Å²) >= 11 is 2.37. The number of non-ortho nitro benzene ring substituents is 1. The summed E-state index contributed by atoms with van der Waals surface area (Å²) in [6.07, 6.45) is 0. The Balaban J connectivity index is 1.82. The molecule has 0 N–H and O–H groups in total. The number of hydrogen-bond acceptors (Lipinski definition) is 7. The average molecular weight is 323 g/mol. The number of aromatic nitrogens is 2. The molecular formula is C12H6FN3O3S2. The van der Waals surface area contributed by atoms with E-state index in [0.29, 0.717) is 5.89 Å². The zero-order chi connectivity index (χ0) is 14.8. The molecule has 0 aliphatic carbocycles. The van der Waals surface area contributed by atoms with E-state index < -0.39 is 10.7 Å². The monoisotopic (exact) mass is 323 g/mol. The van der Waals surface area contributed by atoms with Gasteiger partial charge in [-0.3, -0.25) is 10.1 Å². The van der Waals surface area contributed by atoms with Crippen LogP contribution in [-0.2, 0) is 0 Å². The Bertz CT molecular complexity index is 789. The summed E-state index contributed by atoms with van der Waals surface area (Å²) in [5.41, 5.74) is -0.304. The molecule has 9 heteroatoms. The number of thiophene rings is 1. The van der Waals surface area contributed by atoms with Gasteiger partial charge in [-0.15, -0.1) is 21.5 Å². The van der Waals surface area contributed by atoms with Crippen molar-refractivity contribution >= 4 is 28.8 Å². The van der Waals surface area contributed by atoms with Crippen LogP contribution in [0.2, 0.25) is 0 Å². The number of rotatable bonds is 4.